The van der Waals surface area contributed by atoms with E-state index >= 15 is 0 Å². The molecule has 0 bridgehead atoms. The molecule has 1 amide bonds. The Bertz CT molecular complexity index is 758. The maximum Gasteiger partial charge on any atom is 0.271 e. The van der Waals surface area contributed by atoms with Gasteiger partial charge in [-0.05, 0) is 42.0 Å². The number of phenols is 2. The smallest absolute Gasteiger partial charge is 0.271 e. The lowest BCUT2D eigenvalue weighted by atomic mass is 10.2. The van der Waals surface area contributed by atoms with Crippen LogP contribution >= 0.6 is 0 Å². The summed E-state index contributed by atoms with van der Waals surface area (Å²) in [7, 11) is 0. The Morgan fingerprint density at radius 2 is 1.91 bits per heavy atom. The van der Waals surface area contributed by atoms with Gasteiger partial charge in [-0.15, -0.1) is 0 Å². The maximum atomic E-state index is 11.9. The third-order valence-corrected chi connectivity index (χ3v) is 3.01. The molecule has 2 aromatic rings. The fraction of sp³-hybridized carbons (Fsp3) is 0.0667. The highest BCUT2D eigenvalue weighted by molar-refractivity contribution is 5.95. The van der Waals surface area contributed by atoms with E-state index in [9.17, 15) is 15.0 Å². The molecule has 3 rings (SSSR count). The van der Waals surface area contributed by atoms with Crippen molar-refractivity contribution >= 4 is 12.1 Å². The fourth-order valence-electron chi connectivity index (χ4n) is 1.89. The number of nitrogens with zero attached hydrogens (tertiary/aromatic N) is 1. The number of carbonyl (C=O) groups is 1. The summed E-state index contributed by atoms with van der Waals surface area (Å²) in [6.45, 7) is 0.142. The SMILES string of the molecule is O=C(N/N=C/c1ccc(O)c(O)c1)c1ccc2c(c1)OCO2. The van der Waals surface area contributed by atoms with Crippen molar-refractivity contribution in [2.75, 3.05) is 6.79 Å². The molecule has 0 aliphatic carbocycles. The van der Waals surface area contributed by atoms with Crippen LogP contribution in [0.4, 0.5) is 0 Å². The van der Waals surface area contributed by atoms with Crippen molar-refractivity contribution in [3.05, 3.63) is 47.5 Å². The second-order valence-electron chi connectivity index (χ2n) is 4.52. The second kappa shape index (κ2) is 5.65. The summed E-state index contributed by atoms with van der Waals surface area (Å²) in [5.41, 5.74) is 3.28. The Morgan fingerprint density at radius 3 is 2.73 bits per heavy atom. The van der Waals surface area contributed by atoms with Crippen molar-refractivity contribution in [3.63, 3.8) is 0 Å². The molecule has 1 aliphatic rings. The summed E-state index contributed by atoms with van der Waals surface area (Å²) in [6, 6.07) is 9.02. The minimum absolute atomic E-state index is 0.142. The Morgan fingerprint density at radius 1 is 1.09 bits per heavy atom. The number of hydrogen-bond acceptors (Lipinski definition) is 6. The quantitative estimate of drug-likeness (QED) is 0.454. The first-order valence-corrected chi connectivity index (χ1v) is 6.38. The number of amides is 1. The number of phenolic OH excluding ortho intramolecular Hbond substituents is 2. The number of aromatic hydroxyl groups is 2. The number of rotatable bonds is 3. The molecule has 0 atom stereocenters. The topological polar surface area (TPSA) is 100 Å². The zero-order valence-corrected chi connectivity index (χ0v) is 11.3. The number of fused-ring (bicyclic) bond motifs is 1. The van der Waals surface area contributed by atoms with E-state index in [0.29, 0.717) is 22.6 Å². The number of benzene rings is 2. The van der Waals surface area contributed by atoms with Crippen LogP contribution in [-0.2, 0) is 0 Å². The molecule has 0 saturated heterocycles. The number of hydrazone groups is 1. The Hall–Kier alpha value is -3.22. The van der Waals surface area contributed by atoms with Crippen molar-refractivity contribution in [2.24, 2.45) is 5.10 Å². The lowest BCUT2D eigenvalue weighted by molar-refractivity contribution is 0.0954. The first kappa shape index (κ1) is 13.7. The van der Waals surface area contributed by atoms with Gasteiger partial charge in [-0.25, -0.2) is 5.43 Å². The summed E-state index contributed by atoms with van der Waals surface area (Å²) >= 11 is 0. The van der Waals surface area contributed by atoms with Crippen molar-refractivity contribution in [1.82, 2.24) is 5.43 Å². The molecule has 2 aromatic carbocycles. The van der Waals surface area contributed by atoms with E-state index < -0.39 is 5.91 Å². The van der Waals surface area contributed by atoms with Crippen LogP contribution in [0.15, 0.2) is 41.5 Å². The third kappa shape index (κ3) is 2.78. The van der Waals surface area contributed by atoms with Gasteiger partial charge >= 0.3 is 0 Å². The minimum atomic E-state index is -0.405. The number of carbonyl (C=O) groups excluding carboxylic acids is 1. The molecule has 0 unspecified atom stereocenters. The van der Waals surface area contributed by atoms with E-state index in [1.807, 2.05) is 0 Å². The molecule has 7 nitrogen and oxygen atoms in total. The Labute approximate surface area is 125 Å². The molecular weight excluding hydrogens is 288 g/mol. The van der Waals surface area contributed by atoms with Gasteiger partial charge < -0.3 is 19.7 Å². The average molecular weight is 300 g/mol. The van der Waals surface area contributed by atoms with Crippen molar-refractivity contribution < 1.29 is 24.5 Å². The van der Waals surface area contributed by atoms with Crippen molar-refractivity contribution in [1.29, 1.82) is 0 Å². The Balaban J connectivity index is 1.66. The predicted molar refractivity (Wildman–Crippen MR) is 77.4 cm³/mol. The fourth-order valence-corrected chi connectivity index (χ4v) is 1.89. The molecule has 112 valence electrons. The molecule has 0 aromatic heterocycles. The van der Waals surface area contributed by atoms with Gasteiger partial charge in [0, 0.05) is 5.56 Å². The lowest BCUT2D eigenvalue weighted by Crippen LogP contribution is -2.17. The van der Waals surface area contributed by atoms with Gasteiger partial charge in [0.25, 0.3) is 5.91 Å². The van der Waals surface area contributed by atoms with Gasteiger partial charge in [0.1, 0.15) is 0 Å². The van der Waals surface area contributed by atoms with Crippen LogP contribution in [-0.4, -0.2) is 29.1 Å². The van der Waals surface area contributed by atoms with Crippen LogP contribution in [0.5, 0.6) is 23.0 Å². The lowest BCUT2D eigenvalue weighted by Gasteiger charge is -2.02. The first-order valence-electron chi connectivity index (χ1n) is 6.38. The normalized spacial score (nSPS) is 12.5. The molecule has 7 heteroatoms. The van der Waals surface area contributed by atoms with Crippen LogP contribution in [0.1, 0.15) is 15.9 Å². The van der Waals surface area contributed by atoms with Gasteiger partial charge in [0.2, 0.25) is 6.79 Å². The van der Waals surface area contributed by atoms with Crippen LogP contribution in [0.3, 0.4) is 0 Å². The van der Waals surface area contributed by atoms with Crippen LogP contribution < -0.4 is 14.9 Å². The van der Waals surface area contributed by atoms with Gasteiger partial charge in [0.05, 0.1) is 6.21 Å². The monoisotopic (exact) mass is 300 g/mol. The van der Waals surface area contributed by atoms with E-state index in [1.165, 1.54) is 18.3 Å². The summed E-state index contributed by atoms with van der Waals surface area (Å²) in [5.74, 6) is 0.227. The van der Waals surface area contributed by atoms with Gasteiger partial charge in [-0.3, -0.25) is 4.79 Å². The van der Waals surface area contributed by atoms with Crippen LogP contribution in [0.2, 0.25) is 0 Å². The second-order valence-corrected chi connectivity index (χ2v) is 4.52. The summed E-state index contributed by atoms with van der Waals surface area (Å²) in [5, 5.41) is 22.3. The maximum absolute atomic E-state index is 11.9. The molecule has 0 radical (unpaired) electrons. The zero-order valence-electron chi connectivity index (χ0n) is 11.3. The van der Waals surface area contributed by atoms with Gasteiger partial charge in [-0.1, -0.05) is 0 Å². The largest absolute Gasteiger partial charge is 0.504 e. The van der Waals surface area contributed by atoms with E-state index in [2.05, 4.69) is 10.5 Å². The zero-order chi connectivity index (χ0) is 15.5. The molecule has 0 spiro atoms. The van der Waals surface area contributed by atoms with Crippen LogP contribution in [0.25, 0.3) is 0 Å². The summed E-state index contributed by atoms with van der Waals surface area (Å²) < 4.78 is 10.4. The van der Waals surface area contributed by atoms with E-state index in [0.717, 1.165) is 0 Å². The molecule has 0 saturated carbocycles. The molecular formula is C15H12N2O5. The van der Waals surface area contributed by atoms with E-state index in [4.69, 9.17) is 9.47 Å². The average Bonchev–Trinajstić information content (AvgIpc) is 2.98. The highest BCUT2D eigenvalue weighted by Crippen LogP contribution is 2.32. The van der Waals surface area contributed by atoms with Crippen molar-refractivity contribution in [2.45, 2.75) is 0 Å². The van der Waals surface area contributed by atoms with E-state index in [-0.39, 0.29) is 18.3 Å². The highest BCUT2D eigenvalue weighted by atomic mass is 16.7. The van der Waals surface area contributed by atoms with E-state index in [1.54, 1.807) is 24.3 Å². The number of ether oxygens (including phenoxy) is 2. The summed E-state index contributed by atoms with van der Waals surface area (Å²) in [4.78, 5) is 11.9. The number of hydrogen-bond donors (Lipinski definition) is 3. The standard InChI is InChI=1S/C15H12N2O5/c18-11-3-1-9(5-12(11)19)7-16-17-15(20)10-2-4-13-14(6-10)22-8-21-13/h1-7,18-19H,8H2,(H,17,20)/b16-7+. The summed E-state index contributed by atoms with van der Waals surface area (Å²) in [6.07, 6.45) is 1.35. The first-order chi connectivity index (χ1) is 10.6. The predicted octanol–water partition coefficient (Wildman–Crippen LogP) is 1.59. The minimum Gasteiger partial charge on any atom is -0.504 e. The third-order valence-electron chi connectivity index (χ3n) is 3.01. The molecule has 0 fully saturated rings. The molecule has 1 heterocycles. The van der Waals surface area contributed by atoms with Crippen LogP contribution in [0, 0.1) is 0 Å². The Kier molecular flexibility index (Phi) is 3.53. The molecule has 1 aliphatic heterocycles. The molecule has 3 N–H and O–H groups in total. The van der Waals surface area contributed by atoms with Crippen molar-refractivity contribution in [3.8, 4) is 23.0 Å². The number of nitrogens with one attached hydrogen (secondary N) is 1. The van der Waals surface area contributed by atoms with Gasteiger partial charge in [0.15, 0.2) is 23.0 Å². The highest BCUT2D eigenvalue weighted by Gasteiger charge is 2.15. The van der Waals surface area contributed by atoms with Gasteiger partial charge in [-0.2, -0.15) is 5.10 Å². The molecule has 22 heavy (non-hydrogen) atoms.